The molecular weight excluding hydrogens is 632 g/mol. The largest absolute Gasteiger partial charge is 0.394 e. The Balaban J connectivity index is 1.47. The summed E-state index contributed by atoms with van der Waals surface area (Å²) in [6, 6.07) is 18.8. The third kappa shape index (κ3) is 9.92. The number of carbonyl (C=O) groups excluding carboxylic acids is 3. The maximum atomic E-state index is 14.1. The van der Waals surface area contributed by atoms with Crippen LogP contribution in [0.1, 0.15) is 56.9 Å². The van der Waals surface area contributed by atoms with Crippen LogP contribution in [0.25, 0.3) is 0 Å². The molecule has 13 heteroatoms. The number of amides is 3. The Morgan fingerprint density at radius 1 is 1.02 bits per heavy atom. The van der Waals surface area contributed by atoms with Crippen LogP contribution in [-0.2, 0) is 21.6 Å². The molecule has 4 aromatic rings. The average molecular weight is 671 g/mol. The zero-order chi connectivity index (χ0) is 34.7. The predicted octanol–water partition coefficient (Wildman–Crippen LogP) is 3.42. The summed E-state index contributed by atoms with van der Waals surface area (Å²) in [6.45, 7) is 1.37. The zero-order valence-corrected chi connectivity index (χ0v) is 27.8. The summed E-state index contributed by atoms with van der Waals surface area (Å²) in [4.78, 5) is 44.3. The predicted molar refractivity (Wildman–Crippen MR) is 182 cm³/mol. The molecule has 2 aromatic carbocycles. The van der Waals surface area contributed by atoms with Gasteiger partial charge in [0.2, 0.25) is 5.91 Å². The number of rotatable bonds is 12. The summed E-state index contributed by atoms with van der Waals surface area (Å²) >= 11 is 0. The van der Waals surface area contributed by atoms with E-state index < -0.39 is 28.3 Å². The lowest BCUT2D eigenvalue weighted by molar-refractivity contribution is -0.131. The van der Waals surface area contributed by atoms with E-state index in [0.29, 0.717) is 40.2 Å². The molecule has 0 fully saturated rings. The molecule has 2 heterocycles. The second kappa shape index (κ2) is 16.6. The fourth-order valence-corrected chi connectivity index (χ4v) is 6.72. The van der Waals surface area contributed by atoms with Gasteiger partial charge in [0.25, 0.3) is 11.8 Å². The summed E-state index contributed by atoms with van der Waals surface area (Å²) in [6.07, 6.45) is 2.73. The maximum Gasteiger partial charge on any atom is 0.286 e. The first kappa shape index (κ1) is 35.7. The van der Waals surface area contributed by atoms with E-state index in [1.54, 1.807) is 67.7 Å². The van der Waals surface area contributed by atoms with E-state index in [-0.39, 0.29) is 36.1 Å². The number of aliphatic hydroxyl groups is 2. The Morgan fingerprint density at radius 2 is 1.77 bits per heavy atom. The molecule has 2 unspecified atom stereocenters. The summed E-state index contributed by atoms with van der Waals surface area (Å²) in [7, 11) is 0.0518. The first-order valence-electron chi connectivity index (χ1n) is 15.2. The van der Waals surface area contributed by atoms with Crippen molar-refractivity contribution in [3.63, 3.8) is 0 Å². The number of likely N-dealkylation sites (N-methyl/N-ethyl adjacent to an activating group) is 1. The van der Waals surface area contributed by atoms with Crippen molar-refractivity contribution in [2.75, 3.05) is 31.3 Å². The molecule has 0 aliphatic rings. The third-order valence-corrected chi connectivity index (χ3v) is 9.53. The second-order valence-electron chi connectivity index (χ2n) is 11.2. The minimum absolute atomic E-state index is 0.00847. The highest BCUT2D eigenvalue weighted by atomic mass is 32.2. The molecule has 250 valence electrons. The van der Waals surface area contributed by atoms with Crippen LogP contribution in [0.15, 0.2) is 88.4 Å². The van der Waals surface area contributed by atoms with Crippen molar-refractivity contribution in [3.05, 3.63) is 107 Å². The normalized spacial score (nSPS) is 12.6. The number of aliphatic hydroxyl groups excluding tert-OH is 2. The van der Waals surface area contributed by atoms with Crippen molar-refractivity contribution in [2.45, 2.75) is 37.2 Å². The Labute approximate surface area is 280 Å². The van der Waals surface area contributed by atoms with Crippen LogP contribution in [-0.4, -0.2) is 83.9 Å². The number of aryl methyl sites for hydroxylation is 2. The van der Waals surface area contributed by atoms with Gasteiger partial charge in [-0.05, 0) is 62.2 Å². The molecule has 2 aromatic heterocycles. The lowest BCUT2D eigenvalue weighted by Crippen LogP contribution is -2.35. The molecule has 0 bridgehead atoms. The van der Waals surface area contributed by atoms with Crippen LogP contribution in [0.5, 0.6) is 0 Å². The van der Waals surface area contributed by atoms with Crippen molar-refractivity contribution >= 4 is 33.1 Å². The van der Waals surface area contributed by atoms with Crippen LogP contribution >= 0.6 is 0 Å². The number of unbranched alkanes of at least 4 members (excludes halogenated alkanes) is 1. The van der Waals surface area contributed by atoms with Gasteiger partial charge in [0, 0.05) is 66.9 Å². The molecule has 0 radical (unpaired) electrons. The Kier molecular flexibility index (Phi) is 12.3. The number of nitrogens with zero attached hydrogens (tertiary/aromatic N) is 5. The number of pyridine rings is 1. The molecule has 3 N–H and O–H groups in total. The molecule has 0 aliphatic heterocycles. The van der Waals surface area contributed by atoms with Gasteiger partial charge < -0.3 is 20.4 Å². The van der Waals surface area contributed by atoms with E-state index in [4.69, 9.17) is 5.11 Å². The molecule has 0 spiro atoms. The fraction of sp³-hybridized carbons (Fsp3) is 0.286. The highest BCUT2D eigenvalue weighted by molar-refractivity contribution is 7.94. The maximum absolute atomic E-state index is 14.1. The molecule has 0 saturated carbocycles. The Bertz CT molecular complexity index is 1960. The first-order chi connectivity index (χ1) is 23.0. The van der Waals surface area contributed by atoms with Crippen LogP contribution in [0, 0.1) is 18.8 Å². The average Bonchev–Trinajstić information content (AvgIpc) is 3.43. The van der Waals surface area contributed by atoms with E-state index in [1.807, 2.05) is 6.92 Å². The summed E-state index contributed by atoms with van der Waals surface area (Å²) in [5.74, 6) is 4.83. The molecular formula is C35H38N6O6S. The smallest absolute Gasteiger partial charge is 0.286 e. The minimum atomic E-state index is -3.19. The van der Waals surface area contributed by atoms with Crippen LogP contribution in [0.2, 0.25) is 0 Å². The van der Waals surface area contributed by atoms with E-state index in [0.717, 1.165) is 5.69 Å². The fourth-order valence-electron chi connectivity index (χ4n) is 4.74. The molecule has 3 amide bonds. The zero-order valence-electron chi connectivity index (χ0n) is 27.0. The standard InChI is InChI=1S/C35H38N6O6S/c1-25-18-32(41(3)38-25)35(46)37-29-11-9-10-26(20-29)15-16-27-19-28(22-36-21-27)34(45)39-48(47,31-12-5-4-6-13-31)17-8-7-14-33(44)40(2)23-30(43)24-42/h4-6,9-13,18-22,30,42-43H,7-8,14,17,23-24H2,1-3H3,(H,37,46). The summed E-state index contributed by atoms with van der Waals surface area (Å²) in [5, 5.41) is 25.6. The molecule has 4 rings (SSSR count). The Morgan fingerprint density at radius 3 is 2.48 bits per heavy atom. The van der Waals surface area contributed by atoms with Gasteiger partial charge in [-0.1, -0.05) is 36.1 Å². The van der Waals surface area contributed by atoms with Gasteiger partial charge in [-0.3, -0.25) is 24.0 Å². The van der Waals surface area contributed by atoms with Crippen LogP contribution in [0.3, 0.4) is 0 Å². The van der Waals surface area contributed by atoms with E-state index in [2.05, 4.69) is 31.6 Å². The molecule has 2 atom stereocenters. The number of benzene rings is 2. The monoisotopic (exact) mass is 670 g/mol. The van der Waals surface area contributed by atoms with Crippen molar-refractivity contribution in [2.24, 2.45) is 11.4 Å². The number of anilines is 1. The van der Waals surface area contributed by atoms with Crippen molar-refractivity contribution < 1.29 is 28.8 Å². The van der Waals surface area contributed by atoms with Crippen LogP contribution in [0.4, 0.5) is 5.69 Å². The van der Waals surface area contributed by atoms with E-state index in [9.17, 15) is 23.7 Å². The van der Waals surface area contributed by atoms with Gasteiger partial charge in [0.1, 0.15) is 5.69 Å². The lowest BCUT2D eigenvalue weighted by Gasteiger charge is -2.19. The summed E-state index contributed by atoms with van der Waals surface area (Å²) < 4.78 is 19.8. The Hall–Kier alpha value is -5.16. The number of hydrogen-bond donors (Lipinski definition) is 3. The summed E-state index contributed by atoms with van der Waals surface area (Å²) in [5.41, 5.74) is 2.90. The molecule has 0 aliphatic carbocycles. The highest BCUT2D eigenvalue weighted by Crippen LogP contribution is 2.19. The van der Waals surface area contributed by atoms with Crippen molar-refractivity contribution in [1.29, 1.82) is 0 Å². The SMILES string of the molecule is Cc1cc(C(=O)Nc2cccc(C#Cc3cncc(C(=O)N=S(=O)(CCCCC(=O)N(C)CC(O)CO)c4ccccc4)c3)c2)n(C)n1. The van der Waals surface area contributed by atoms with Crippen LogP contribution < -0.4 is 5.32 Å². The van der Waals surface area contributed by atoms with E-state index in [1.165, 1.54) is 35.1 Å². The number of hydrogen-bond acceptors (Lipinski definition) is 8. The van der Waals surface area contributed by atoms with Gasteiger partial charge in [0.15, 0.2) is 0 Å². The first-order valence-corrected chi connectivity index (χ1v) is 16.9. The van der Waals surface area contributed by atoms with Gasteiger partial charge >= 0.3 is 0 Å². The minimum Gasteiger partial charge on any atom is -0.394 e. The third-order valence-electron chi connectivity index (χ3n) is 7.22. The van der Waals surface area contributed by atoms with Gasteiger partial charge in [-0.25, -0.2) is 4.21 Å². The highest BCUT2D eigenvalue weighted by Gasteiger charge is 2.18. The molecule has 0 saturated heterocycles. The number of carbonyl (C=O) groups is 3. The van der Waals surface area contributed by atoms with Crippen molar-refractivity contribution in [1.82, 2.24) is 19.7 Å². The second-order valence-corrected chi connectivity index (χ2v) is 13.5. The van der Waals surface area contributed by atoms with E-state index >= 15 is 0 Å². The van der Waals surface area contributed by atoms with Gasteiger partial charge in [-0.2, -0.15) is 9.46 Å². The molecule has 12 nitrogen and oxygen atoms in total. The number of nitrogens with one attached hydrogen (secondary N) is 1. The molecule has 48 heavy (non-hydrogen) atoms. The van der Waals surface area contributed by atoms with Gasteiger partial charge in [-0.15, -0.1) is 0 Å². The van der Waals surface area contributed by atoms with Gasteiger partial charge in [0.05, 0.1) is 33.7 Å². The lowest BCUT2D eigenvalue weighted by atomic mass is 10.1. The topological polar surface area (TPSA) is 167 Å². The number of aromatic nitrogens is 3. The van der Waals surface area contributed by atoms with Crippen molar-refractivity contribution in [3.8, 4) is 11.8 Å². The quantitative estimate of drug-likeness (QED) is 0.152.